The first kappa shape index (κ1) is 30.7. The van der Waals surface area contributed by atoms with Gasteiger partial charge in [-0.3, -0.25) is 14.5 Å². The van der Waals surface area contributed by atoms with Gasteiger partial charge in [0.1, 0.15) is 0 Å². The second-order valence-corrected chi connectivity index (χ2v) is 10.8. The minimum Gasteiger partial charge on any atom is -0.386 e. The van der Waals surface area contributed by atoms with Crippen LogP contribution >= 0.6 is 0 Å². The van der Waals surface area contributed by atoms with Crippen LogP contribution in [-0.4, -0.2) is 28.3 Å². The topological polar surface area (TPSA) is 100 Å². The van der Waals surface area contributed by atoms with E-state index in [2.05, 4.69) is 21.0 Å². The third-order valence-electron chi connectivity index (χ3n) is 6.70. The Hall–Kier alpha value is -3.83. The van der Waals surface area contributed by atoms with Gasteiger partial charge in [-0.2, -0.15) is 18.3 Å². The van der Waals surface area contributed by atoms with Crippen molar-refractivity contribution in [3.63, 3.8) is 0 Å². The highest BCUT2D eigenvalue weighted by molar-refractivity contribution is 6.05. The van der Waals surface area contributed by atoms with Crippen molar-refractivity contribution in [2.24, 2.45) is 12.9 Å². The van der Waals surface area contributed by atoms with E-state index in [1.807, 2.05) is 41.7 Å². The predicted molar refractivity (Wildman–Crippen MR) is 154 cm³/mol. The number of nitrogens with two attached hydrogens (primary N) is 1. The van der Waals surface area contributed by atoms with Gasteiger partial charge in [0.15, 0.2) is 0 Å². The second kappa shape index (κ2) is 11.7. The molecule has 0 aliphatic heterocycles. The van der Waals surface area contributed by atoms with E-state index in [4.69, 9.17) is 5.84 Å². The van der Waals surface area contributed by atoms with E-state index in [1.54, 1.807) is 48.4 Å². The number of halogens is 3. The zero-order valence-corrected chi connectivity index (χ0v) is 24.2. The number of benzene rings is 2. The number of alkyl halides is 3. The number of carbonyl (C=O) groups excluding carboxylic acids is 1. The minimum atomic E-state index is -4.57. The van der Waals surface area contributed by atoms with Crippen LogP contribution in [-0.2, 0) is 19.8 Å². The van der Waals surface area contributed by atoms with Gasteiger partial charge in [-0.05, 0) is 82.5 Å². The largest absolute Gasteiger partial charge is 0.416 e. The number of hydrazine groups is 1. The summed E-state index contributed by atoms with van der Waals surface area (Å²) in [5, 5.41) is 14.6. The summed E-state index contributed by atoms with van der Waals surface area (Å²) in [6.07, 6.45) is -1.15. The lowest BCUT2D eigenvalue weighted by Gasteiger charge is -2.23. The normalized spacial score (nSPS) is 12.4. The molecule has 1 heterocycles. The Balaban J connectivity index is 1.93. The molecule has 0 aliphatic rings. The molecule has 2 aromatic carbocycles. The molecule has 0 radical (unpaired) electrons. The number of aromatic nitrogens is 2. The number of anilines is 2. The van der Waals surface area contributed by atoms with Gasteiger partial charge in [-0.25, -0.2) is 5.84 Å². The third kappa shape index (κ3) is 7.22. The average Bonchev–Trinajstić information content (AvgIpc) is 3.19. The lowest BCUT2D eigenvalue weighted by Crippen LogP contribution is -2.35. The van der Waals surface area contributed by atoms with Gasteiger partial charge in [0.2, 0.25) is 0 Å². The highest BCUT2D eigenvalue weighted by Crippen LogP contribution is 2.36. The number of hydrogen-bond donors (Lipinski definition) is 4. The smallest absolute Gasteiger partial charge is 0.386 e. The number of aryl methyl sites for hydroxylation is 2. The van der Waals surface area contributed by atoms with Crippen LogP contribution in [0.15, 0.2) is 42.7 Å². The molecule has 216 valence electrons. The lowest BCUT2D eigenvalue weighted by atomic mass is 9.99. The molecule has 0 saturated heterocycles. The fourth-order valence-corrected chi connectivity index (χ4v) is 4.16. The molecule has 40 heavy (non-hydrogen) atoms. The number of rotatable bonds is 8. The quantitative estimate of drug-likeness (QED) is 0.219. The van der Waals surface area contributed by atoms with Crippen LogP contribution in [0.4, 0.5) is 24.5 Å². The second-order valence-electron chi connectivity index (χ2n) is 10.8. The summed E-state index contributed by atoms with van der Waals surface area (Å²) >= 11 is 0. The van der Waals surface area contributed by atoms with Crippen molar-refractivity contribution in [2.75, 3.05) is 17.4 Å². The van der Waals surface area contributed by atoms with Crippen LogP contribution in [0.1, 0.15) is 64.6 Å². The lowest BCUT2D eigenvalue weighted by molar-refractivity contribution is -0.138. The molecule has 0 spiro atoms. The molecule has 3 aromatic rings. The highest BCUT2D eigenvalue weighted by atomic mass is 19.4. The van der Waals surface area contributed by atoms with Crippen molar-refractivity contribution in [1.29, 1.82) is 0 Å². The number of hydrogen-bond acceptors (Lipinski definition) is 6. The number of carbonyl (C=O) groups is 1. The van der Waals surface area contributed by atoms with E-state index in [0.717, 1.165) is 28.6 Å². The Bertz CT molecular complexity index is 1420. The molecule has 0 saturated carbocycles. The Kier molecular flexibility index (Phi) is 9.00. The van der Waals surface area contributed by atoms with Crippen LogP contribution in [0.5, 0.6) is 0 Å². The van der Waals surface area contributed by atoms with Crippen molar-refractivity contribution in [3.05, 3.63) is 81.8 Å². The van der Waals surface area contributed by atoms with Gasteiger partial charge in [0, 0.05) is 54.9 Å². The Morgan fingerprint density at radius 3 is 2.35 bits per heavy atom. The fourth-order valence-electron chi connectivity index (χ4n) is 4.16. The van der Waals surface area contributed by atoms with E-state index in [0.29, 0.717) is 11.3 Å². The Labute approximate surface area is 233 Å². The molecule has 11 heteroatoms. The van der Waals surface area contributed by atoms with Gasteiger partial charge in [0.05, 0.1) is 23.1 Å². The van der Waals surface area contributed by atoms with E-state index in [9.17, 15) is 18.0 Å². The number of nitrogens with one attached hydrogen (secondary N) is 3. The molecule has 0 fully saturated rings. The molecular formula is C29H38F3N7O. The minimum absolute atomic E-state index is 0.0600. The third-order valence-corrected chi connectivity index (χ3v) is 6.70. The van der Waals surface area contributed by atoms with E-state index >= 15 is 0 Å². The van der Waals surface area contributed by atoms with Crippen molar-refractivity contribution in [2.45, 2.75) is 59.8 Å². The Morgan fingerprint density at radius 2 is 1.80 bits per heavy atom. The first-order valence-electron chi connectivity index (χ1n) is 12.8. The standard InChI is InChI=1S/C29H38F3N7O/c1-17-9-10-20(12-26(17)39(33)16-25(34-7)23-15-36-38(8)19(23)3)27(40)37-22-11-21(14-35-28(4,5)6)18(2)24(13-22)29(30,31)32/h9-13,15-16,34-35H,14,33H2,1-8H3,(H,37,40)/b25-16-. The highest BCUT2D eigenvalue weighted by Gasteiger charge is 2.34. The molecule has 5 N–H and O–H groups in total. The van der Waals surface area contributed by atoms with Crippen molar-refractivity contribution in [1.82, 2.24) is 20.4 Å². The first-order chi connectivity index (χ1) is 18.5. The van der Waals surface area contributed by atoms with E-state index in [-0.39, 0.29) is 28.9 Å². The summed E-state index contributed by atoms with van der Waals surface area (Å²) in [6, 6.07) is 7.49. The average molecular weight is 558 g/mol. The van der Waals surface area contributed by atoms with Crippen molar-refractivity contribution >= 4 is 23.0 Å². The first-order valence-corrected chi connectivity index (χ1v) is 12.8. The van der Waals surface area contributed by atoms with Gasteiger partial charge in [0.25, 0.3) is 5.91 Å². The summed E-state index contributed by atoms with van der Waals surface area (Å²) in [4.78, 5) is 13.2. The van der Waals surface area contributed by atoms with Gasteiger partial charge in [-0.15, -0.1) is 0 Å². The maximum Gasteiger partial charge on any atom is 0.416 e. The van der Waals surface area contributed by atoms with Crippen LogP contribution in [0.2, 0.25) is 0 Å². The Morgan fingerprint density at radius 1 is 1.12 bits per heavy atom. The van der Waals surface area contributed by atoms with Crippen molar-refractivity contribution in [3.8, 4) is 0 Å². The summed E-state index contributed by atoms with van der Waals surface area (Å²) in [7, 11) is 3.61. The zero-order valence-electron chi connectivity index (χ0n) is 24.2. The summed E-state index contributed by atoms with van der Waals surface area (Å²) in [5.74, 6) is 5.83. The van der Waals surface area contributed by atoms with E-state index < -0.39 is 17.6 Å². The maximum atomic E-state index is 13.8. The van der Waals surface area contributed by atoms with Gasteiger partial charge >= 0.3 is 6.18 Å². The summed E-state index contributed by atoms with van der Waals surface area (Å²) in [5.41, 5.74) is 3.67. The number of nitrogens with zero attached hydrogens (tertiary/aromatic N) is 3. The molecule has 1 aromatic heterocycles. The monoisotopic (exact) mass is 557 g/mol. The molecule has 0 bridgehead atoms. The van der Waals surface area contributed by atoms with Crippen molar-refractivity contribution < 1.29 is 18.0 Å². The molecular weight excluding hydrogens is 519 g/mol. The molecule has 3 rings (SSSR count). The molecule has 8 nitrogen and oxygen atoms in total. The van der Waals surface area contributed by atoms with Crippen LogP contribution in [0, 0.1) is 20.8 Å². The summed E-state index contributed by atoms with van der Waals surface area (Å²) in [6.45, 7) is 11.2. The predicted octanol–water partition coefficient (Wildman–Crippen LogP) is 5.40. The molecule has 1 amide bonds. The molecule has 0 atom stereocenters. The number of amides is 1. The van der Waals surface area contributed by atoms with Gasteiger partial charge < -0.3 is 16.0 Å². The fraction of sp³-hybridized carbons (Fsp3) is 0.379. The van der Waals surface area contributed by atoms with Crippen LogP contribution < -0.4 is 26.8 Å². The van der Waals surface area contributed by atoms with Gasteiger partial charge in [-0.1, -0.05) is 6.07 Å². The maximum absolute atomic E-state index is 13.8. The van der Waals surface area contributed by atoms with E-state index in [1.165, 1.54) is 11.9 Å². The van der Waals surface area contributed by atoms with Crippen LogP contribution in [0.3, 0.4) is 0 Å². The van der Waals surface area contributed by atoms with Crippen LogP contribution in [0.25, 0.3) is 5.70 Å². The molecule has 0 unspecified atom stereocenters. The SMILES string of the molecule is CN/C(=C\N(N)c1cc(C(=O)Nc2cc(CNC(C)(C)C)c(C)c(C(F)(F)F)c2)ccc1C)c1cnn(C)c1C. The zero-order chi connectivity index (χ0) is 30.0. The molecule has 0 aliphatic carbocycles. The summed E-state index contributed by atoms with van der Waals surface area (Å²) < 4.78 is 43.3.